The standard InChI is InChI=1S/C11H21N/c1-8-6-9-4-2-3-5-10(9)7-11(8)12/h8-11H,2-7,12H2,1H3. The Hall–Kier alpha value is -0.0400. The molecule has 2 N–H and O–H groups in total. The lowest BCUT2D eigenvalue weighted by atomic mass is 9.66. The molecule has 0 saturated heterocycles. The minimum atomic E-state index is 0.504. The maximum absolute atomic E-state index is 6.09. The molecule has 0 bridgehead atoms. The number of fused-ring (bicyclic) bond motifs is 1. The smallest absolute Gasteiger partial charge is 0.00673 e. The molecule has 4 atom stereocenters. The van der Waals surface area contributed by atoms with Gasteiger partial charge in [-0.25, -0.2) is 0 Å². The zero-order valence-corrected chi connectivity index (χ0v) is 8.13. The average molecular weight is 167 g/mol. The molecule has 1 nitrogen and oxygen atoms in total. The van der Waals surface area contributed by atoms with Crippen molar-refractivity contribution in [2.24, 2.45) is 23.5 Å². The first-order valence-corrected chi connectivity index (χ1v) is 5.53. The first-order chi connectivity index (χ1) is 5.77. The van der Waals surface area contributed by atoms with E-state index in [0.29, 0.717) is 6.04 Å². The first-order valence-electron chi connectivity index (χ1n) is 5.53. The van der Waals surface area contributed by atoms with E-state index in [9.17, 15) is 0 Å². The van der Waals surface area contributed by atoms with Crippen LogP contribution < -0.4 is 5.73 Å². The Morgan fingerprint density at radius 2 is 1.58 bits per heavy atom. The number of rotatable bonds is 0. The minimum Gasteiger partial charge on any atom is -0.327 e. The summed E-state index contributed by atoms with van der Waals surface area (Å²) < 4.78 is 0. The molecule has 2 aliphatic carbocycles. The van der Waals surface area contributed by atoms with Crippen LogP contribution in [0.25, 0.3) is 0 Å². The van der Waals surface area contributed by atoms with Crippen LogP contribution in [0.1, 0.15) is 45.4 Å². The van der Waals surface area contributed by atoms with E-state index in [-0.39, 0.29) is 0 Å². The van der Waals surface area contributed by atoms with E-state index in [1.54, 1.807) is 0 Å². The molecule has 2 saturated carbocycles. The molecular formula is C11H21N. The zero-order chi connectivity index (χ0) is 8.55. The predicted molar refractivity (Wildman–Crippen MR) is 51.8 cm³/mol. The molecule has 0 heterocycles. The molecule has 2 rings (SSSR count). The van der Waals surface area contributed by atoms with E-state index in [1.807, 2.05) is 0 Å². The molecule has 0 aromatic heterocycles. The highest BCUT2D eigenvalue weighted by Crippen LogP contribution is 2.41. The van der Waals surface area contributed by atoms with E-state index in [2.05, 4.69) is 6.92 Å². The van der Waals surface area contributed by atoms with Crippen LogP contribution in [0.3, 0.4) is 0 Å². The van der Waals surface area contributed by atoms with Crippen molar-refractivity contribution in [1.82, 2.24) is 0 Å². The van der Waals surface area contributed by atoms with Crippen LogP contribution >= 0.6 is 0 Å². The van der Waals surface area contributed by atoms with Crippen LogP contribution in [-0.4, -0.2) is 6.04 Å². The third kappa shape index (κ3) is 1.52. The van der Waals surface area contributed by atoms with Gasteiger partial charge in [-0.2, -0.15) is 0 Å². The van der Waals surface area contributed by atoms with Crippen molar-refractivity contribution < 1.29 is 0 Å². The lowest BCUT2D eigenvalue weighted by Crippen LogP contribution is -2.40. The maximum atomic E-state index is 6.09. The normalized spacial score (nSPS) is 48.5. The molecule has 1 heteroatoms. The lowest BCUT2D eigenvalue weighted by molar-refractivity contribution is 0.119. The summed E-state index contributed by atoms with van der Waals surface area (Å²) in [6, 6.07) is 0.504. The van der Waals surface area contributed by atoms with Crippen molar-refractivity contribution in [2.75, 3.05) is 0 Å². The highest BCUT2D eigenvalue weighted by Gasteiger charge is 2.34. The molecular weight excluding hydrogens is 146 g/mol. The van der Waals surface area contributed by atoms with Crippen LogP contribution in [0.2, 0.25) is 0 Å². The molecule has 0 aliphatic heterocycles. The Morgan fingerprint density at radius 1 is 1.00 bits per heavy atom. The van der Waals surface area contributed by atoms with Gasteiger partial charge in [0.2, 0.25) is 0 Å². The SMILES string of the molecule is CC1CC2CCCCC2CC1N. The van der Waals surface area contributed by atoms with Gasteiger partial charge in [0.1, 0.15) is 0 Å². The Kier molecular flexibility index (Phi) is 2.40. The largest absolute Gasteiger partial charge is 0.327 e. The van der Waals surface area contributed by atoms with Gasteiger partial charge >= 0.3 is 0 Å². The van der Waals surface area contributed by atoms with E-state index < -0.39 is 0 Å². The maximum Gasteiger partial charge on any atom is 0.00673 e. The molecule has 12 heavy (non-hydrogen) atoms. The topological polar surface area (TPSA) is 26.0 Å². The van der Waals surface area contributed by atoms with Gasteiger partial charge in [-0.1, -0.05) is 32.6 Å². The summed E-state index contributed by atoms with van der Waals surface area (Å²) in [6.45, 7) is 2.33. The molecule has 0 spiro atoms. The van der Waals surface area contributed by atoms with E-state index in [1.165, 1.54) is 38.5 Å². The molecule has 4 unspecified atom stereocenters. The highest BCUT2D eigenvalue weighted by molar-refractivity contribution is 4.87. The Labute approximate surface area is 75.7 Å². The summed E-state index contributed by atoms with van der Waals surface area (Å²) in [5.41, 5.74) is 6.09. The fraction of sp³-hybridized carbons (Fsp3) is 1.00. The van der Waals surface area contributed by atoms with Gasteiger partial charge in [0.25, 0.3) is 0 Å². The minimum absolute atomic E-state index is 0.504. The van der Waals surface area contributed by atoms with Crippen molar-refractivity contribution >= 4 is 0 Å². The van der Waals surface area contributed by atoms with Crippen molar-refractivity contribution in [3.05, 3.63) is 0 Å². The quantitative estimate of drug-likeness (QED) is 0.589. The fourth-order valence-corrected chi connectivity index (χ4v) is 3.14. The van der Waals surface area contributed by atoms with Gasteiger partial charge in [-0.3, -0.25) is 0 Å². The summed E-state index contributed by atoms with van der Waals surface area (Å²) in [5.74, 6) is 2.81. The third-order valence-corrected chi connectivity index (χ3v) is 4.05. The van der Waals surface area contributed by atoms with Crippen LogP contribution in [-0.2, 0) is 0 Å². The third-order valence-electron chi connectivity index (χ3n) is 4.05. The Balaban J connectivity index is 1.98. The number of hydrogen-bond acceptors (Lipinski definition) is 1. The second-order valence-corrected chi connectivity index (χ2v) is 4.92. The monoisotopic (exact) mass is 167 g/mol. The van der Waals surface area contributed by atoms with E-state index in [0.717, 1.165) is 17.8 Å². The van der Waals surface area contributed by atoms with Crippen LogP contribution in [0.15, 0.2) is 0 Å². The van der Waals surface area contributed by atoms with E-state index in [4.69, 9.17) is 5.73 Å². The van der Waals surface area contributed by atoms with Crippen LogP contribution in [0, 0.1) is 17.8 Å². The Morgan fingerprint density at radius 3 is 2.25 bits per heavy atom. The molecule has 2 aliphatic rings. The van der Waals surface area contributed by atoms with E-state index >= 15 is 0 Å². The number of nitrogens with two attached hydrogens (primary N) is 1. The molecule has 0 amide bonds. The molecule has 70 valence electrons. The lowest BCUT2D eigenvalue weighted by Gasteiger charge is -2.41. The van der Waals surface area contributed by atoms with Crippen LogP contribution in [0.4, 0.5) is 0 Å². The van der Waals surface area contributed by atoms with Crippen molar-refractivity contribution in [3.8, 4) is 0 Å². The molecule has 0 aromatic rings. The summed E-state index contributed by atoms with van der Waals surface area (Å²) in [4.78, 5) is 0. The van der Waals surface area contributed by atoms with Gasteiger partial charge in [0.15, 0.2) is 0 Å². The average Bonchev–Trinajstić information content (AvgIpc) is 2.07. The van der Waals surface area contributed by atoms with Crippen LogP contribution in [0.5, 0.6) is 0 Å². The molecule has 2 fully saturated rings. The summed E-state index contributed by atoms with van der Waals surface area (Å²) in [7, 11) is 0. The fourth-order valence-electron chi connectivity index (χ4n) is 3.14. The molecule has 0 radical (unpaired) electrons. The second kappa shape index (κ2) is 3.37. The summed E-state index contributed by atoms with van der Waals surface area (Å²) >= 11 is 0. The number of hydrogen-bond donors (Lipinski definition) is 1. The van der Waals surface area contributed by atoms with Gasteiger partial charge in [-0.15, -0.1) is 0 Å². The summed E-state index contributed by atoms with van der Waals surface area (Å²) in [5, 5.41) is 0. The molecule has 0 aromatic carbocycles. The van der Waals surface area contributed by atoms with Crippen molar-refractivity contribution in [3.63, 3.8) is 0 Å². The second-order valence-electron chi connectivity index (χ2n) is 4.92. The summed E-state index contributed by atoms with van der Waals surface area (Å²) in [6.07, 6.45) is 8.61. The predicted octanol–water partition coefficient (Wildman–Crippen LogP) is 2.55. The van der Waals surface area contributed by atoms with Gasteiger partial charge < -0.3 is 5.73 Å². The van der Waals surface area contributed by atoms with Gasteiger partial charge in [0.05, 0.1) is 0 Å². The van der Waals surface area contributed by atoms with Crippen molar-refractivity contribution in [1.29, 1.82) is 0 Å². The highest BCUT2D eigenvalue weighted by atomic mass is 14.7. The first kappa shape index (κ1) is 8.55. The zero-order valence-electron chi connectivity index (χ0n) is 8.13. The van der Waals surface area contributed by atoms with Gasteiger partial charge in [0, 0.05) is 6.04 Å². The Bertz CT molecular complexity index is 137. The van der Waals surface area contributed by atoms with Crippen molar-refractivity contribution in [2.45, 2.75) is 51.5 Å². The van der Waals surface area contributed by atoms with Gasteiger partial charge in [-0.05, 0) is 30.6 Å².